The molecule has 2 rings (SSSR count). The molecule has 2 heterocycles. The fourth-order valence-electron chi connectivity index (χ4n) is 3.28. The number of nitrogens with zero attached hydrogens (tertiary/aromatic N) is 3. The molecule has 0 aliphatic carbocycles. The van der Waals surface area contributed by atoms with Gasteiger partial charge in [-0.25, -0.2) is 0 Å². The van der Waals surface area contributed by atoms with E-state index in [0.29, 0.717) is 11.8 Å². The van der Waals surface area contributed by atoms with Gasteiger partial charge in [0, 0.05) is 39.3 Å². The molecule has 0 spiro atoms. The zero-order valence-electron chi connectivity index (χ0n) is 12.8. The highest BCUT2D eigenvalue weighted by Crippen LogP contribution is 2.18. The second-order valence-electron chi connectivity index (χ2n) is 6.18. The predicted molar refractivity (Wildman–Crippen MR) is 78.1 cm³/mol. The molecule has 2 aliphatic heterocycles. The number of amides is 1. The quantitative estimate of drug-likeness (QED) is 0.770. The summed E-state index contributed by atoms with van der Waals surface area (Å²) in [5.41, 5.74) is 0. The van der Waals surface area contributed by atoms with Crippen LogP contribution in [0.2, 0.25) is 0 Å². The van der Waals surface area contributed by atoms with Crippen molar-refractivity contribution < 1.29 is 4.79 Å². The molecule has 0 aromatic rings. The minimum absolute atomic E-state index is 0.0595. The first-order valence-electron chi connectivity index (χ1n) is 7.87. The highest BCUT2D eigenvalue weighted by molar-refractivity contribution is 5.81. The van der Waals surface area contributed by atoms with Crippen LogP contribution in [0.3, 0.4) is 0 Å². The van der Waals surface area contributed by atoms with Crippen molar-refractivity contribution in [1.82, 2.24) is 14.7 Å². The van der Waals surface area contributed by atoms with Crippen molar-refractivity contribution in [2.24, 2.45) is 5.92 Å². The van der Waals surface area contributed by atoms with Crippen molar-refractivity contribution in [2.75, 3.05) is 45.8 Å². The Balaban J connectivity index is 1.85. The number of likely N-dealkylation sites (tertiary alicyclic amines) is 1. The topological polar surface area (TPSA) is 26.8 Å². The van der Waals surface area contributed by atoms with Gasteiger partial charge in [0.15, 0.2) is 0 Å². The van der Waals surface area contributed by atoms with E-state index in [9.17, 15) is 4.79 Å². The van der Waals surface area contributed by atoms with E-state index in [1.54, 1.807) is 0 Å². The standard InChI is InChI=1S/C15H29N3O/c1-4-16-8-10-17(11-9-16)14(3)15(19)18-7-5-6-13(2)12-18/h13-14H,4-12H2,1-3H3/t13-,14-/m1/s1. The summed E-state index contributed by atoms with van der Waals surface area (Å²) in [5.74, 6) is 1.01. The summed E-state index contributed by atoms with van der Waals surface area (Å²) in [6.07, 6.45) is 2.44. The van der Waals surface area contributed by atoms with Crippen molar-refractivity contribution in [2.45, 2.75) is 39.7 Å². The lowest BCUT2D eigenvalue weighted by atomic mass is 9.99. The van der Waals surface area contributed by atoms with E-state index in [1.807, 2.05) is 0 Å². The van der Waals surface area contributed by atoms with Crippen LogP contribution >= 0.6 is 0 Å². The van der Waals surface area contributed by atoms with Gasteiger partial charge in [0.25, 0.3) is 0 Å². The molecule has 2 aliphatic rings. The Morgan fingerprint density at radius 3 is 2.47 bits per heavy atom. The molecule has 2 atom stereocenters. The van der Waals surface area contributed by atoms with Crippen LogP contribution in [0.5, 0.6) is 0 Å². The Kier molecular flexibility index (Phi) is 5.22. The SMILES string of the molecule is CCN1CCN([C@H](C)C(=O)N2CCC[C@@H](C)C2)CC1. The van der Waals surface area contributed by atoms with Crippen molar-refractivity contribution in [3.8, 4) is 0 Å². The Hall–Kier alpha value is -0.610. The zero-order valence-corrected chi connectivity index (χ0v) is 12.8. The first kappa shape index (κ1) is 14.8. The molecule has 0 aromatic carbocycles. The fraction of sp³-hybridized carbons (Fsp3) is 0.933. The van der Waals surface area contributed by atoms with E-state index >= 15 is 0 Å². The summed E-state index contributed by atoms with van der Waals surface area (Å²) >= 11 is 0. The first-order chi connectivity index (χ1) is 9.11. The molecule has 2 fully saturated rings. The molecule has 0 N–H and O–H groups in total. The Morgan fingerprint density at radius 2 is 1.89 bits per heavy atom. The molecule has 0 aromatic heterocycles. The molecule has 0 radical (unpaired) electrons. The van der Waals surface area contributed by atoms with Crippen LogP contribution in [0.15, 0.2) is 0 Å². The van der Waals surface area contributed by atoms with Gasteiger partial charge >= 0.3 is 0 Å². The van der Waals surface area contributed by atoms with Crippen LogP contribution < -0.4 is 0 Å². The number of hydrogen-bond acceptors (Lipinski definition) is 3. The van der Waals surface area contributed by atoms with Crippen LogP contribution in [-0.2, 0) is 4.79 Å². The largest absolute Gasteiger partial charge is 0.341 e. The molecule has 19 heavy (non-hydrogen) atoms. The van der Waals surface area contributed by atoms with Crippen molar-refractivity contribution in [1.29, 1.82) is 0 Å². The first-order valence-corrected chi connectivity index (χ1v) is 7.87. The van der Waals surface area contributed by atoms with Crippen LogP contribution in [0, 0.1) is 5.92 Å². The number of carbonyl (C=O) groups is 1. The summed E-state index contributed by atoms with van der Waals surface area (Å²) in [4.78, 5) is 19.5. The average molecular weight is 267 g/mol. The van der Waals surface area contributed by atoms with Gasteiger partial charge in [-0.2, -0.15) is 0 Å². The molecule has 0 unspecified atom stereocenters. The molecular formula is C15H29N3O. The third-order valence-electron chi connectivity index (χ3n) is 4.73. The summed E-state index contributed by atoms with van der Waals surface area (Å²) in [5, 5.41) is 0. The number of carbonyl (C=O) groups excluding carboxylic acids is 1. The number of likely N-dealkylation sites (N-methyl/N-ethyl adjacent to an activating group) is 1. The van der Waals surface area contributed by atoms with Gasteiger partial charge in [0.2, 0.25) is 5.91 Å². The summed E-state index contributed by atoms with van der Waals surface area (Å²) in [7, 11) is 0. The molecule has 0 saturated carbocycles. The highest BCUT2D eigenvalue weighted by atomic mass is 16.2. The van der Waals surface area contributed by atoms with Gasteiger partial charge in [-0.15, -0.1) is 0 Å². The lowest BCUT2D eigenvalue weighted by molar-refractivity contribution is -0.138. The minimum atomic E-state index is 0.0595. The van der Waals surface area contributed by atoms with E-state index in [0.717, 1.165) is 45.8 Å². The maximum atomic E-state index is 12.6. The average Bonchev–Trinajstić information content (AvgIpc) is 2.46. The molecule has 110 valence electrons. The molecule has 2 saturated heterocycles. The number of hydrogen-bond donors (Lipinski definition) is 0. The monoisotopic (exact) mass is 267 g/mol. The minimum Gasteiger partial charge on any atom is -0.341 e. The van der Waals surface area contributed by atoms with Crippen molar-refractivity contribution in [3.05, 3.63) is 0 Å². The Labute approximate surface area is 117 Å². The maximum Gasteiger partial charge on any atom is 0.239 e. The molecule has 4 heteroatoms. The summed E-state index contributed by atoms with van der Waals surface area (Å²) < 4.78 is 0. The highest BCUT2D eigenvalue weighted by Gasteiger charge is 2.30. The van der Waals surface area contributed by atoms with Crippen molar-refractivity contribution in [3.63, 3.8) is 0 Å². The van der Waals surface area contributed by atoms with Crippen LogP contribution in [0.25, 0.3) is 0 Å². The Bertz CT molecular complexity index is 300. The number of piperazine rings is 1. The van der Waals surface area contributed by atoms with E-state index in [2.05, 4.69) is 35.5 Å². The van der Waals surface area contributed by atoms with Crippen LogP contribution in [0.4, 0.5) is 0 Å². The summed E-state index contributed by atoms with van der Waals surface area (Å²) in [6, 6.07) is 0.0595. The molecular weight excluding hydrogens is 238 g/mol. The third-order valence-corrected chi connectivity index (χ3v) is 4.73. The maximum absolute atomic E-state index is 12.6. The van der Waals surface area contributed by atoms with Gasteiger partial charge in [-0.3, -0.25) is 9.69 Å². The van der Waals surface area contributed by atoms with E-state index in [1.165, 1.54) is 12.8 Å². The van der Waals surface area contributed by atoms with Crippen LogP contribution in [-0.4, -0.2) is 72.5 Å². The second-order valence-corrected chi connectivity index (χ2v) is 6.18. The van der Waals surface area contributed by atoms with Crippen molar-refractivity contribution >= 4 is 5.91 Å². The zero-order chi connectivity index (χ0) is 13.8. The Morgan fingerprint density at radius 1 is 1.21 bits per heavy atom. The van der Waals surface area contributed by atoms with E-state index in [-0.39, 0.29) is 6.04 Å². The molecule has 4 nitrogen and oxygen atoms in total. The van der Waals surface area contributed by atoms with Gasteiger partial charge < -0.3 is 9.80 Å². The normalized spacial score (nSPS) is 28.4. The number of rotatable bonds is 3. The second kappa shape index (κ2) is 6.71. The smallest absolute Gasteiger partial charge is 0.239 e. The van der Waals surface area contributed by atoms with Gasteiger partial charge in [-0.05, 0) is 32.2 Å². The molecule has 1 amide bonds. The number of piperidine rings is 1. The molecule has 0 bridgehead atoms. The lowest BCUT2D eigenvalue weighted by Crippen LogP contribution is -2.55. The van der Waals surface area contributed by atoms with Gasteiger partial charge in [0.1, 0.15) is 0 Å². The fourth-order valence-corrected chi connectivity index (χ4v) is 3.28. The summed E-state index contributed by atoms with van der Waals surface area (Å²) in [6.45, 7) is 13.9. The third kappa shape index (κ3) is 3.69. The lowest BCUT2D eigenvalue weighted by Gasteiger charge is -2.40. The predicted octanol–water partition coefficient (Wildman–Crippen LogP) is 1.27. The van der Waals surface area contributed by atoms with Gasteiger partial charge in [0.05, 0.1) is 6.04 Å². The van der Waals surface area contributed by atoms with Crippen LogP contribution in [0.1, 0.15) is 33.6 Å². The van der Waals surface area contributed by atoms with Gasteiger partial charge in [-0.1, -0.05) is 13.8 Å². The van der Waals surface area contributed by atoms with E-state index in [4.69, 9.17) is 0 Å². The van der Waals surface area contributed by atoms with E-state index < -0.39 is 0 Å².